The Hall–Kier alpha value is -9.96. The van der Waals surface area contributed by atoms with Crippen molar-refractivity contribution in [3.63, 3.8) is 0 Å². The molecule has 2 aliphatic heterocycles. The third-order valence-corrected chi connectivity index (χ3v) is 22.4. The second-order valence-electron chi connectivity index (χ2n) is 33.6. The Morgan fingerprint density at radius 3 is 0.982 bits per heavy atom. The number of carbonyl (C=O) groups excluding carboxylic acids is 4. The number of benzene rings is 6. The third-order valence-electron chi connectivity index (χ3n) is 22.4. The van der Waals surface area contributed by atoms with E-state index in [1.54, 1.807) is 24.3 Å². The lowest BCUT2D eigenvalue weighted by Crippen LogP contribution is -2.29. The predicted molar refractivity (Wildman–Crippen MR) is 436 cm³/mol. The van der Waals surface area contributed by atoms with Gasteiger partial charge in [0.2, 0.25) is 0 Å². The Morgan fingerprint density at radius 1 is 0.345 bits per heavy atom. The first-order chi connectivity index (χ1) is 52.8. The standard InChI is InChI=1S/C94H110N4O12/c1-51(2)87(52(3)4)107-77-29-21-27-67-69-43-75-85-79(109-89(55(9)10)56(11)12)42-40-66(50-106-94(102)64-37-33-60(34-38-64)48-104-92(100)62-25-19-20-26-62)82(85)72(98-75)46-74-84-68(28-22-30-78(84)108-88(53(5)6)54(7)8)70(96-74)44-76-86-80(110-90(57(13)14)58(15)16)41-39-65(81(86)71(97-76)45-73(95-69)83(67)77)49-105-93(101)63-35-31-59(32-36-63)47-103-91(99)61-23-17-18-24-61/h21-22,27-46,51-58,61-62,87-90,95-96H,17-20,23-26,47-50H2,1-16H3. The van der Waals surface area contributed by atoms with E-state index in [1.807, 2.05) is 72.8 Å². The molecule has 578 valence electrons. The van der Waals surface area contributed by atoms with E-state index in [0.29, 0.717) is 79.1 Å². The van der Waals surface area contributed by atoms with E-state index in [1.165, 1.54) is 0 Å². The fraction of sp³-hybridized carbons (Fsp3) is 0.447. The molecule has 9 aromatic rings. The summed E-state index contributed by atoms with van der Waals surface area (Å²) in [6.07, 6.45) is 6.83. The van der Waals surface area contributed by atoms with Gasteiger partial charge in [-0.3, -0.25) is 9.59 Å². The molecule has 2 saturated carbocycles. The summed E-state index contributed by atoms with van der Waals surface area (Å²) in [5, 5.41) is 3.37. The second-order valence-corrected chi connectivity index (χ2v) is 33.6. The molecule has 5 heterocycles. The highest BCUT2D eigenvalue weighted by atomic mass is 16.5. The fourth-order valence-electron chi connectivity index (χ4n) is 17.0. The number of nitrogens with one attached hydrogen (secondary N) is 2. The molecule has 4 aliphatic rings. The Labute approximate surface area is 648 Å². The number of H-pyrrole nitrogens is 2. The van der Waals surface area contributed by atoms with Gasteiger partial charge in [-0.2, -0.15) is 0 Å². The SMILES string of the molecule is CC(C)C(Oc1ccc(COC(=O)c2ccc(COC(=O)C3CCCC3)cc2)c2c1-c1cc3[nH]c(cc4nc(cc5[nH]c(cc-2n1)c1c(OC(C(C)C)C(C)C)cccc51)-c1c(OC(C(C)C)C(C)C)ccc(COC(=O)c2ccc(COC(=O)C5CCCC5)cc2)c1-4)c1c(OC(C(C)C)C(C)C)cccc31)C(C)C. The van der Waals surface area contributed by atoms with Crippen molar-refractivity contribution in [2.45, 2.75) is 213 Å². The van der Waals surface area contributed by atoms with Gasteiger partial charge in [-0.05, 0) is 168 Å². The zero-order chi connectivity index (χ0) is 77.9. The zero-order valence-corrected chi connectivity index (χ0v) is 67.1. The minimum Gasteiger partial charge on any atom is -0.489 e. The van der Waals surface area contributed by atoms with Gasteiger partial charge < -0.3 is 47.9 Å². The summed E-state index contributed by atoms with van der Waals surface area (Å²) in [6.45, 7) is 35.0. The Bertz CT molecular complexity index is 4680. The van der Waals surface area contributed by atoms with Crippen molar-refractivity contribution in [2.24, 2.45) is 59.2 Å². The second kappa shape index (κ2) is 33.7. The number of aromatic nitrogens is 4. The lowest BCUT2D eigenvalue weighted by Gasteiger charge is -2.27. The maximum Gasteiger partial charge on any atom is 0.338 e. The summed E-state index contributed by atoms with van der Waals surface area (Å²) in [7, 11) is 0. The average Bonchev–Trinajstić information content (AvgIpc) is 1.59. The number of fused-ring (bicyclic) bond motifs is 20. The van der Waals surface area contributed by atoms with Crippen molar-refractivity contribution in [1.82, 2.24) is 19.9 Å². The number of hydrogen-bond donors (Lipinski definition) is 2. The highest BCUT2D eigenvalue weighted by molar-refractivity contribution is 6.14. The largest absolute Gasteiger partial charge is 0.489 e. The maximum atomic E-state index is 14.5. The number of aromatic amines is 2. The minimum absolute atomic E-state index is 0.0603. The Balaban J connectivity index is 1.05. The van der Waals surface area contributed by atoms with Gasteiger partial charge in [0.15, 0.2) is 0 Å². The number of nitrogens with zero attached hydrogens (tertiary/aromatic N) is 2. The number of esters is 4. The van der Waals surface area contributed by atoms with Gasteiger partial charge in [-0.15, -0.1) is 0 Å². The van der Waals surface area contributed by atoms with Crippen LogP contribution in [0.4, 0.5) is 0 Å². The quantitative estimate of drug-likeness (QED) is 0.0347. The molecule has 0 saturated heterocycles. The van der Waals surface area contributed by atoms with E-state index >= 15 is 0 Å². The molecule has 0 spiro atoms. The van der Waals surface area contributed by atoms with E-state index < -0.39 is 11.9 Å². The van der Waals surface area contributed by atoms with Crippen LogP contribution in [0.15, 0.2) is 133 Å². The fourth-order valence-corrected chi connectivity index (χ4v) is 17.0. The van der Waals surface area contributed by atoms with Gasteiger partial charge in [0, 0.05) is 43.7 Å². The van der Waals surface area contributed by atoms with Crippen molar-refractivity contribution in [3.05, 3.63) is 167 Å². The number of carbonyl (C=O) groups is 4. The summed E-state index contributed by atoms with van der Waals surface area (Å²) >= 11 is 0. The molecule has 0 unspecified atom stereocenters. The number of ether oxygens (including phenoxy) is 8. The minimum atomic E-state index is -0.519. The first kappa shape index (κ1) is 78.2. The topological polar surface area (TPSA) is 199 Å². The monoisotopic (exact) mass is 1490 g/mol. The van der Waals surface area contributed by atoms with Gasteiger partial charge in [-0.1, -0.05) is 197 Å². The van der Waals surface area contributed by atoms with E-state index in [4.69, 9.17) is 47.9 Å². The number of rotatable bonds is 28. The van der Waals surface area contributed by atoms with Crippen LogP contribution >= 0.6 is 0 Å². The van der Waals surface area contributed by atoms with Crippen molar-refractivity contribution >= 4 is 67.5 Å². The van der Waals surface area contributed by atoms with Gasteiger partial charge in [0.05, 0.1) is 67.9 Å². The van der Waals surface area contributed by atoms with Crippen LogP contribution in [0.5, 0.6) is 23.0 Å². The van der Waals surface area contributed by atoms with Crippen LogP contribution in [0.3, 0.4) is 0 Å². The molecule has 0 amide bonds. The molecular formula is C94H110N4O12. The summed E-state index contributed by atoms with van der Waals surface area (Å²) in [5.74, 6) is 2.26. The first-order valence-electron chi connectivity index (χ1n) is 40.2. The van der Waals surface area contributed by atoms with Gasteiger partial charge in [0.25, 0.3) is 0 Å². The van der Waals surface area contributed by atoms with Gasteiger partial charge >= 0.3 is 23.9 Å². The van der Waals surface area contributed by atoms with Crippen LogP contribution in [0, 0.1) is 59.2 Å². The molecule has 13 rings (SSSR count). The van der Waals surface area contributed by atoms with E-state index in [-0.39, 0.29) is 122 Å². The highest BCUT2D eigenvalue weighted by Crippen LogP contribution is 2.51. The lowest BCUT2D eigenvalue weighted by atomic mass is 9.94. The van der Waals surface area contributed by atoms with Crippen LogP contribution < -0.4 is 18.9 Å². The molecule has 2 aliphatic carbocycles. The molecular weight excluding hydrogens is 1380 g/mol. The Morgan fingerprint density at radius 2 is 0.655 bits per heavy atom. The lowest BCUT2D eigenvalue weighted by molar-refractivity contribution is -0.150. The van der Waals surface area contributed by atoms with E-state index in [0.717, 1.165) is 117 Å². The smallest absolute Gasteiger partial charge is 0.338 e. The molecule has 2 N–H and O–H groups in total. The first-order valence-corrected chi connectivity index (χ1v) is 40.2. The zero-order valence-electron chi connectivity index (χ0n) is 67.1. The van der Waals surface area contributed by atoms with Crippen LogP contribution in [0.25, 0.3) is 88.6 Å². The molecule has 3 aromatic heterocycles. The van der Waals surface area contributed by atoms with Gasteiger partial charge in [0.1, 0.15) is 73.8 Å². The highest BCUT2D eigenvalue weighted by Gasteiger charge is 2.34. The molecule has 110 heavy (non-hydrogen) atoms. The van der Waals surface area contributed by atoms with Crippen LogP contribution in [-0.2, 0) is 55.0 Å². The molecule has 0 atom stereocenters. The van der Waals surface area contributed by atoms with Crippen LogP contribution in [0.1, 0.15) is 205 Å². The van der Waals surface area contributed by atoms with Crippen molar-refractivity contribution < 1.29 is 57.1 Å². The normalized spacial score (nSPS) is 14.0. The molecule has 8 bridgehead atoms. The maximum absolute atomic E-state index is 14.5. The third kappa shape index (κ3) is 16.9. The van der Waals surface area contributed by atoms with Crippen LogP contribution in [0.2, 0.25) is 0 Å². The summed E-state index contributed by atoms with van der Waals surface area (Å²) in [6, 6.07) is 42.8. The molecule has 16 nitrogen and oxygen atoms in total. The van der Waals surface area contributed by atoms with E-state index in [2.05, 4.69) is 157 Å². The average molecular weight is 1490 g/mol. The Kier molecular flexibility index (Phi) is 24.0. The van der Waals surface area contributed by atoms with Crippen LogP contribution in [-0.4, -0.2) is 68.2 Å². The van der Waals surface area contributed by atoms with Crippen molar-refractivity contribution in [2.75, 3.05) is 0 Å². The van der Waals surface area contributed by atoms with Crippen molar-refractivity contribution in [1.29, 1.82) is 0 Å². The van der Waals surface area contributed by atoms with Crippen molar-refractivity contribution in [3.8, 4) is 68.0 Å². The van der Waals surface area contributed by atoms with E-state index in [9.17, 15) is 19.2 Å². The predicted octanol–water partition coefficient (Wildman–Crippen LogP) is 22.7. The molecule has 6 aromatic carbocycles. The summed E-state index contributed by atoms with van der Waals surface area (Å²) < 4.78 is 53.5. The van der Waals surface area contributed by atoms with Gasteiger partial charge in [-0.25, -0.2) is 19.6 Å². The molecule has 0 radical (unpaired) electrons. The molecule has 16 heteroatoms. The summed E-state index contributed by atoms with van der Waals surface area (Å²) in [4.78, 5) is 74.1. The number of hydrogen-bond acceptors (Lipinski definition) is 14. The molecule has 2 fully saturated rings. The summed E-state index contributed by atoms with van der Waals surface area (Å²) in [5.41, 5.74) is 11.9.